The average Bonchev–Trinajstić information content (AvgIpc) is 2.84. The molecule has 0 aliphatic rings. The van der Waals surface area contributed by atoms with Gasteiger partial charge in [-0.15, -0.1) is 0 Å². The second-order valence-electron chi connectivity index (χ2n) is 10.2. The Morgan fingerprint density at radius 2 is 0.816 bits per heavy atom. The van der Waals surface area contributed by atoms with E-state index in [0.717, 1.165) is 19.4 Å². The number of nitrogens with zero attached hydrogens (tertiary/aromatic N) is 1. The average molecular weight is 558 g/mol. The minimum atomic E-state index is -0.431. The predicted octanol–water partition coefficient (Wildman–Crippen LogP) is 3.09. The number of carbonyl (C=O) groups is 3. The first-order valence-corrected chi connectivity index (χ1v) is 13.9. The molecule has 0 spiro atoms. The van der Waals surface area contributed by atoms with Crippen molar-refractivity contribution >= 4 is 17.9 Å². The van der Waals surface area contributed by atoms with Gasteiger partial charge in [-0.2, -0.15) is 0 Å². The third-order valence-corrected chi connectivity index (χ3v) is 6.43. The fraction of sp³-hybridized carbons (Fsp3) is 0.700. The molecule has 0 unspecified atom stereocenters. The van der Waals surface area contributed by atoms with Gasteiger partial charge in [0.25, 0.3) is 0 Å². The van der Waals surface area contributed by atoms with Crippen molar-refractivity contribution in [2.75, 3.05) is 46.0 Å². The maximum Gasteiger partial charge on any atom is 0.333 e. The molecular formula is C30H52ClNO6. The van der Waals surface area contributed by atoms with E-state index in [-0.39, 0.29) is 32.2 Å². The number of hydrogen-bond donors (Lipinski definition) is 0. The summed E-state index contributed by atoms with van der Waals surface area (Å²) >= 11 is 0. The molecule has 0 fully saturated rings. The van der Waals surface area contributed by atoms with Crippen molar-refractivity contribution in [3.05, 3.63) is 36.5 Å². The van der Waals surface area contributed by atoms with Gasteiger partial charge in [0.2, 0.25) is 0 Å². The third kappa shape index (κ3) is 19.0. The van der Waals surface area contributed by atoms with Crippen LogP contribution in [0, 0.1) is 0 Å². The highest BCUT2D eigenvalue weighted by Crippen LogP contribution is 2.15. The SMILES string of the molecule is C=C(C)C(=O)OCC[N+](CCCCCCCCCCCC)(CCOC(=O)C(=C)C)CCOC(=O)C(=C)C.[Cl-]. The van der Waals surface area contributed by atoms with Crippen LogP contribution in [0.25, 0.3) is 0 Å². The van der Waals surface area contributed by atoms with Crippen molar-refractivity contribution in [3.63, 3.8) is 0 Å². The first-order valence-electron chi connectivity index (χ1n) is 13.9. The molecule has 0 aliphatic carbocycles. The largest absolute Gasteiger partial charge is 1.00 e. The van der Waals surface area contributed by atoms with Crippen molar-refractivity contribution < 1.29 is 45.5 Å². The van der Waals surface area contributed by atoms with E-state index in [1.165, 1.54) is 51.4 Å². The number of unbranched alkanes of at least 4 members (excludes halogenated alkanes) is 9. The van der Waals surface area contributed by atoms with Gasteiger partial charge in [0.05, 0.1) is 6.54 Å². The number of quaternary nitrogens is 1. The Bertz CT molecular complexity index is 670. The Morgan fingerprint density at radius 1 is 0.526 bits per heavy atom. The molecule has 8 heteroatoms. The molecule has 0 rings (SSSR count). The Labute approximate surface area is 237 Å². The fourth-order valence-electron chi connectivity index (χ4n) is 3.97. The molecule has 0 radical (unpaired) electrons. The van der Waals surface area contributed by atoms with Crippen LogP contribution in [0.2, 0.25) is 0 Å². The van der Waals surface area contributed by atoms with Gasteiger partial charge in [-0.3, -0.25) is 0 Å². The van der Waals surface area contributed by atoms with Gasteiger partial charge >= 0.3 is 17.9 Å². The van der Waals surface area contributed by atoms with Crippen LogP contribution >= 0.6 is 0 Å². The lowest BCUT2D eigenvalue weighted by Gasteiger charge is -2.38. The van der Waals surface area contributed by atoms with Crippen LogP contribution in [0.1, 0.15) is 91.9 Å². The number of carbonyl (C=O) groups excluding carboxylic acids is 3. The van der Waals surface area contributed by atoms with Gasteiger partial charge in [0.1, 0.15) is 39.5 Å². The van der Waals surface area contributed by atoms with Crippen LogP contribution in [0.4, 0.5) is 0 Å². The van der Waals surface area contributed by atoms with E-state index >= 15 is 0 Å². The van der Waals surface area contributed by atoms with Crippen molar-refractivity contribution in [1.82, 2.24) is 0 Å². The van der Waals surface area contributed by atoms with Crippen molar-refractivity contribution in [3.8, 4) is 0 Å². The normalized spacial score (nSPS) is 10.7. The van der Waals surface area contributed by atoms with Crippen LogP contribution in [0.15, 0.2) is 36.5 Å². The zero-order chi connectivity index (χ0) is 28.1. The zero-order valence-electron chi connectivity index (χ0n) is 24.4. The molecule has 7 nitrogen and oxygen atoms in total. The smallest absolute Gasteiger partial charge is 0.333 e. The number of esters is 3. The number of rotatable bonds is 23. The molecule has 0 bridgehead atoms. The van der Waals surface area contributed by atoms with E-state index in [2.05, 4.69) is 26.7 Å². The molecule has 0 amide bonds. The van der Waals surface area contributed by atoms with Crippen LogP contribution in [0.3, 0.4) is 0 Å². The molecule has 0 N–H and O–H groups in total. The Balaban J connectivity index is 0. The maximum absolute atomic E-state index is 11.9. The predicted molar refractivity (Wildman–Crippen MR) is 149 cm³/mol. The molecule has 0 aromatic heterocycles. The summed E-state index contributed by atoms with van der Waals surface area (Å²) in [5, 5.41) is 0. The summed E-state index contributed by atoms with van der Waals surface area (Å²) in [6.45, 7) is 20.9. The molecule has 0 aliphatic heterocycles. The topological polar surface area (TPSA) is 78.9 Å². The molecule has 38 heavy (non-hydrogen) atoms. The fourth-order valence-corrected chi connectivity index (χ4v) is 3.97. The minimum absolute atomic E-state index is 0. The molecule has 0 saturated heterocycles. The summed E-state index contributed by atoms with van der Waals surface area (Å²) in [5.41, 5.74) is 1.04. The molecule has 220 valence electrons. The van der Waals surface area contributed by atoms with Gasteiger partial charge in [0.15, 0.2) is 0 Å². The summed E-state index contributed by atoms with van der Waals surface area (Å²) < 4.78 is 16.7. The summed E-state index contributed by atoms with van der Waals surface area (Å²) in [5.74, 6) is -1.29. The van der Waals surface area contributed by atoms with Gasteiger partial charge in [0, 0.05) is 16.7 Å². The zero-order valence-corrected chi connectivity index (χ0v) is 25.2. The summed E-state index contributed by atoms with van der Waals surface area (Å²) in [6, 6.07) is 0. The molecule has 0 aromatic carbocycles. The van der Waals surface area contributed by atoms with Crippen molar-refractivity contribution in [1.29, 1.82) is 0 Å². The second-order valence-corrected chi connectivity index (χ2v) is 10.2. The third-order valence-electron chi connectivity index (χ3n) is 6.43. The summed E-state index contributed by atoms with van der Waals surface area (Å²) in [6.07, 6.45) is 12.3. The molecule has 0 atom stereocenters. The minimum Gasteiger partial charge on any atom is -1.00 e. The van der Waals surface area contributed by atoms with Crippen LogP contribution in [0.5, 0.6) is 0 Å². The Kier molecular flexibility index (Phi) is 22.8. The molecular weight excluding hydrogens is 506 g/mol. The van der Waals surface area contributed by atoms with Crippen LogP contribution in [-0.4, -0.2) is 68.4 Å². The van der Waals surface area contributed by atoms with Gasteiger partial charge < -0.3 is 31.1 Å². The lowest BCUT2D eigenvalue weighted by atomic mass is 10.1. The van der Waals surface area contributed by atoms with E-state index < -0.39 is 17.9 Å². The Hall–Kier alpha value is -2.12. The number of hydrogen-bond acceptors (Lipinski definition) is 6. The lowest BCUT2D eigenvalue weighted by molar-refractivity contribution is -0.928. The van der Waals surface area contributed by atoms with Crippen molar-refractivity contribution in [2.24, 2.45) is 0 Å². The van der Waals surface area contributed by atoms with E-state index in [4.69, 9.17) is 14.2 Å². The van der Waals surface area contributed by atoms with Gasteiger partial charge in [-0.25, -0.2) is 14.4 Å². The second kappa shape index (κ2) is 22.8. The Morgan fingerprint density at radius 3 is 1.11 bits per heavy atom. The quantitative estimate of drug-likeness (QED) is 0.0631. The van der Waals surface area contributed by atoms with Crippen LogP contribution in [-0.2, 0) is 28.6 Å². The van der Waals surface area contributed by atoms with Crippen molar-refractivity contribution in [2.45, 2.75) is 91.9 Å². The number of ether oxygens (including phenoxy) is 3. The standard InChI is InChI=1S/C30H52NO6.ClH/c1-8-9-10-11-12-13-14-15-16-17-18-31(19-22-35-28(32)25(2)3,20-23-36-29(33)26(4)5)21-24-37-30(34)27(6)7;/h2,4,6,8-24H2,1,3,5,7H3;1H/q+1;/p-1. The first kappa shape index (κ1) is 38.0. The monoisotopic (exact) mass is 557 g/mol. The van der Waals surface area contributed by atoms with E-state index in [1.54, 1.807) is 20.8 Å². The van der Waals surface area contributed by atoms with E-state index in [9.17, 15) is 14.4 Å². The van der Waals surface area contributed by atoms with Crippen LogP contribution < -0.4 is 12.4 Å². The number of halogens is 1. The van der Waals surface area contributed by atoms with Gasteiger partial charge in [-0.05, 0) is 33.6 Å². The first-order chi connectivity index (χ1) is 17.5. The highest BCUT2D eigenvalue weighted by atomic mass is 35.5. The highest BCUT2D eigenvalue weighted by molar-refractivity contribution is 5.87. The molecule has 0 saturated carbocycles. The summed E-state index contributed by atoms with van der Waals surface area (Å²) in [4.78, 5) is 35.8. The maximum atomic E-state index is 11.9. The highest BCUT2D eigenvalue weighted by Gasteiger charge is 2.29. The van der Waals surface area contributed by atoms with Gasteiger partial charge in [-0.1, -0.05) is 78.0 Å². The lowest BCUT2D eigenvalue weighted by Crippen LogP contribution is -3.00. The van der Waals surface area contributed by atoms with E-state index in [1.807, 2.05) is 0 Å². The van der Waals surface area contributed by atoms with E-state index in [0.29, 0.717) is 40.8 Å². The molecule has 0 heterocycles. The molecule has 0 aromatic rings. The summed E-state index contributed by atoms with van der Waals surface area (Å²) in [7, 11) is 0.